The van der Waals surface area contributed by atoms with E-state index in [-0.39, 0.29) is 23.7 Å². The van der Waals surface area contributed by atoms with Gasteiger partial charge < -0.3 is 14.9 Å². The van der Waals surface area contributed by atoms with Gasteiger partial charge in [-0.25, -0.2) is 0 Å². The van der Waals surface area contributed by atoms with Crippen LogP contribution in [0.5, 0.6) is 11.6 Å². The maximum Gasteiger partial charge on any atom is 0.271 e. The zero-order valence-corrected chi connectivity index (χ0v) is 15.6. The minimum absolute atomic E-state index is 0.0165. The Morgan fingerprint density at radius 2 is 2.04 bits per heavy atom. The van der Waals surface area contributed by atoms with Crippen LogP contribution in [0.4, 0.5) is 5.69 Å². The molecular formula is C20H22N4O4. The fraction of sp³-hybridized carbons (Fsp3) is 0.350. The van der Waals surface area contributed by atoms with Crippen LogP contribution in [0.15, 0.2) is 34.1 Å². The summed E-state index contributed by atoms with van der Waals surface area (Å²) >= 11 is 0. The molecule has 146 valence electrons. The summed E-state index contributed by atoms with van der Waals surface area (Å²) in [7, 11) is 0. The number of nitriles is 1. The summed E-state index contributed by atoms with van der Waals surface area (Å²) < 4.78 is 6.53. The van der Waals surface area contributed by atoms with Gasteiger partial charge in [0.05, 0.1) is 24.5 Å². The van der Waals surface area contributed by atoms with E-state index in [1.807, 2.05) is 6.07 Å². The molecule has 1 aliphatic heterocycles. The number of hydrogen-bond donors (Lipinski definition) is 2. The number of pyridine rings is 1. The van der Waals surface area contributed by atoms with Crippen molar-refractivity contribution < 1.29 is 14.9 Å². The van der Waals surface area contributed by atoms with Crippen molar-refractivity contribution in [2.24, 2.45) is 4.99 Å². The number of phenolic OH excluding ortho intramolecular Hbond substituents is 1. The number of rotatable bonds is 5. The standard InChI is InChI=1S/C20H22N4O4/c1-14-17(12-21)19(26)24(6-5-23-7-9-28-10-8-23)20(27)18(14)13-22-15-3-2-4-16(25)11-15/h2-4,11,13,25,27H,5-10H2,1H3. The average Bonchev–Trinajstić information content (AvgIpc) is 2.69. The second kappa shape index (κ2) is 8.69. The summed E-state index contributed by atoms with van der Waals surface area (Å²) in [5.41, 5.74) is 0.638. The van der Waals surface area contributed by atoms with Crippen LogP contribution in [0.3, 0.4) is 0 Å². The molecule has 0 bridgehead atoms. The minimum atomic E-state index is -0.514. The molecule has 1 saturated heterocycles. The van der Waals surface area contributed by atoms with Gasteiger partial charge in [-0.2, -0.15) is 5.26 Å². The lowest BCUT2D eigenvalue weighted by atomic mass is 10.1. The number of benzene rings is 1. The maximum absolute atomic E-state index is 12.6. The third-order valence-corrected chi connectivity index (χ3v) is 4.76. The van der Waals surface area contributed by atoms with Gasteiger partial charge in [0.15, 0.2) is 0 Å². The largest absolute Gasteiger partial charge is 0.508 e. The number of aromatic nitrogens is 1. The Labute approximate surface area is 162 Å². The van der Waals surface area contributed by atoms with Crippen molar-refractivity contribution in [2.45, 2.75) is 13.5 Å². The molecule has 0 aliphatic carbocycles. The molecule has 0 saturated carbocycles. The quantitative estimate of drug-likeness (QED) is 0.759. The van der Waals surface area contributed by atoms with E-state index in [1.165, 1.54) is 22.9 Å². The van der Waals surface area contributed by atoms with Gasteiger partial charge in [0.2, 0.25) is 5.88 Å². The molecule has 1 aromatic heterocycles. The van der Waals surface area contributed by atoms with Gasteiger partial charge in [0.25, 0.3) is 5.56 Å². The molecule has 0 radical (unpaired) electrons. The van der Waals surface area contributed by atoms with Gasteiger partial charge in [-0.05, 0) is 24.6 Å². The van der Waals surface area contributed by atoms with E-state index in [2.05, 4.69) is 9.89 Å². The summed E-state index contributed by atoms with van der Waals surface area (Å²) in [6.07, 6.45) is 1.41. The third kappa shape index (κ3) is 4.22. The summed E-state index contributed by atoms with van der Waals surface area (Å²) in [5.74, 6) is -0.151. The minimum Gasteiger partial charge on any atom is -0.508 e. The van der Waals surface area contributed by atoms with E-state index in [0.29, 0.717) is 36.6 Å². The topological polar surface area (TPSA) is 111 Å². The van der Waals surface area contributed by atoms with E-state index in [4.69, 9.17) is 4.74 Å². The predicted molar refractivity (Wildman–Crippen MR) is 104 cm³/mol. The molecule has 2 heterocycles. The normalized spacial score (nSPS) is 15.0. The van der Waals surface area contributed by atoms with Gasteiger partial charge in [-0.3, -0.25) is 19.3 Å². The highest BCUT2D eigenvalue weighted by molar-refractivity contribution is 5.87. The SMILES string of the molecule is Cc1c(C=Nc2cccc(O)c2)c(O)n(CCN2CCOCC2)c(=O)c1C#N. The Hall–Kier alpha value is -3.15. The Bertz CT molecular complexity index is 985. The van der Waals surface area contributed by atoms with Crippen molar-refractivity contribution in [3.63, 3.8) is 0 Å². The molecule has 8 nitrogen and oxygen atoms in total. The van der Waals surface area contributed by atoms with Gasteiger partial charge in [0.1, 0.15) is 17.4 Å². The Balaban J connectivity index is 1.95. The zero-order chi connectivity index (χ0) is 20.1. The van der Waals surface area contributed by atoms with Crippen LogP contribution in [-0.4, -0.2) is 58.7 Å². The van der Waals surface area contributed by atoms with Gasteiger partial charge in [0, 0.05) is 38.5 Å². The summed E-state index contributed by atoms with van der Waals surface area (Å²) in [6.45, 7) is 5.23. The fourth-order valence-electron chi connectivity index (χ4n) is 3.11. The van der Waals surface area contributed by atoms with E-state index in [0.717, 1.165) is 13.1 Å². The monoisotopic (exact) mass is 382 g/mol. The van der Waals surface area contributed by atoms with Crippen molar-refractivity contribution in [1.29, 1.82) is 5.26 Å². The summed E-state index contributed by atoms with van der Waals surface area (Å²) in [5, 5.41) is 29.7. The summed E-state index contributed by atoms with van der Waals surface area (Å²) in [4.78, 5) is 19.0. The number of morpholine rings is 1. The lowest BCUT2D eigenvalue weighted by molar-refractivity contribution is 0.0360. The van der Waals surface area contributed by atoms with Crippen molar-refractivity contribution in [1.82, 2.24) is 9.47 Å². The number of nitrogens with zero attached hydrogens (tertiary/aromatic N) is 4. The first-order valence-electron chi connectivity index (χ1n) is 9.01. The second-order valence-corrected chi connectivity index (χ2v) is 6.54. The van der Waals surface area contributed by atoms with Crippen LogP contribution in [0.1, 0.15) is 16.7 Å². The number of hydrogen-bond acceptors (Lipinski definition) is 7. The molecule has 2 aromatic rings. The van der Waals surface area contributed by atoms with E-state index >= 15 is 0 Å². The first kappa shape index (κ1) is 19.6. The highest BCUT2D eigenvalue weighted by Crippen LogP contribution is 2.23. The zero-order valence-electron chi connectivity index (χ0n) is 15.6. The summed E-state index contributed by atoms with van der Waals surface area (Å²) in [6, 6.07) is 8.29. The first-order chi connectivity index (χ1) is 13.5. The molecule has 0 spiro atoms. The first-order valence-corrected chi connectivity index (χ1v) is 9.01. The smallest absolute Gasteiger partial charge is 0.271 e. The number of phenols is 1. The van der Waals surface area contributed by atoms with Crippen molar-refractivity contribution in [3.05, 3.63) is 51.3 Å². The van der Waals surface area contributed by atoms with Crippen LogP contribution in [0, 0.1) is 18.3 Å². The lowest BCUT2D eigenvalue weighted by Crippen LogP contribution is -2.39. The molecule has 2 N–H and O–H groups in total. The number of aromatic hydroxyl groups is 2. The average molecular weight is 382 g/mol. The Morgan fingerprint density at radius 1 is 1.29 bits per heavy atom. The highest BCUT2D eigenvalue weighted by Gasteiger charge is 2.19. The predicted octanol–water partition coefficient (Wildman–Crippen LogP) is 1.52. The van der Waals surface area contributed by atoms with Crippen molar-refractivity contribution in [2.75, 3.05) is 32.8 Å². The van der Waals surface area contributed by atoms with E-state index in [9.17, 15) is 20.3 Å². The van der Waals surface area contributed by atoms with Crippen molar-refractivity contribution in [3.8, 4) is 17.7 Å². The molecule has 1 aliphatic rings. The van der Waals surface area contributed by atoms with Gasteiger partial charge >= 0.3 is 0 Å². The Morgan fingerprint density at radius 3 is 2.71 bits per heavy atom. The lowest BCUT2D eigenvalue weighted by Gasteiger charge is -2.27. The fourth-order valence-corrected chi connectivity index (χ4v) is 3.11. The molecule has 8 heteroatoms. The van der Waals surface area contributed by atoms with Crippen molar-refractivity contribution >= 4 is 11.9 Å². The molecule has 1 fully saturated rings. The second-order valence-electron chi connectivity index (χ2n) is 6.54. The number of aliphatic imine (C=N–C) groups is 1. The number of ether oxygens (including phenoxy) is 1. The molecule has 3 rings (SSSR count). The van der Waals surface area contributed by atoms with Gasteiger partial charge in [-0.15, -0.1) is 0 Å². The molecule has 1 aromatic carbocycles. The molecular weight excluding hydrogens is 360 g/mol. The highest BCUT2D eigenvalue weighted by atomic mass is 16.5. The van der Waals surface area contributed by atoms with Gasteiger partial charge in [-0.1, -0.05) is 6.07 Å². The van der Waals surface area contributed by atoms with E-state index in [1.54, 1.807) is 19.1 Å². The third-order valence-electron chi connectivity index (χ3n) is 4.76. The van der Waals surface area contributed by atoms with Crippen LogP contribution in [0.2, 0.25) is 0 Å². The molecule has 0 amide bonds. The Kier molecular flexibility index (Phi) is 6.09. The maximum atomic E-state index is 12.6. The molecule has 28 heavy (non-hydrogen) atoms. The van der Waals surface area contributed by atoms with Crippen LogP contribution in [-0.2, 0) is 11.3 Å². The molecule has 0 unspecified atom stereocenters. The van der Waals surface area contributed by atoms with Crippen LogP contribution in [0.25, 0.3) is 0 Å². The molecule has 0 atom stereocenters. The van der Waals surface area contributed by atoms with E-state index < -0.39 is 5.56 Å². The van der Waals surface area contributed by atoms with Crippen LogP contribution >= 0.6 is 0 Å². The van der Waals surface area contributed by atoms with Crippen LogP contribution < -0.4 is 5.56 Å².